The summed E-state index contributed by atoms with van der Waals surface area (Å²) < 4.78 is 11.7. The Kier molecular flexibility index (Phi) is 6.93. The number of anilines is 1. The van der Waals surface area contributed by atoms with Crippen LogP contribution in [0.4, 0.5) is 5.69 Å². The van der Waals surface area contributed by atoms with Gasteiger partial charge >= 0.3 is 0 Å². The highest BCUT2D eigenvalue weighted by Crippen LogP contribution is 2.29. The van der Waals surface area contributed by atoms with Crippen molar-refractivity contribution in [3.63, 3.8) is 0 Å². The standard InChI is InChI=1S/C23H23ClN2O2/c1-3-27-23-14-18(15-25-26-20-11-8-17(2)9-12-20)10-13-22(23)28-16-19-6-4-5-7-21(19)24/h4-15,26H,3,16H2,1-2H3/b25-15+. The summed E-state index contributed by atoms with van der Waals surface area (Å²) in [6.07, 6.45) is 1.75. The summed E-state index contributed by atoms with van der Waals surface area (Å²) in [5.74, 6) is 1.35. The zero-order valence-electron chi connectivity index (χ0n) is 16.0. The van der Waals surface area contributed by atoms with Crippen molar-refractivity contribution in [3.8, 4) is 11.5 Å². The Morgan fingerprint density at radius 3 is 2.50 bits per heavy atom. The van der Waals surface area contributed by atoms with Gasteiger partial charge in [0.2, 0.25) is 0 Å². The van der Waals surface area contributed by atoms with Crippen LogP contribution in [0, 0.1) is 6.92 Å². The van der Waals surface area contributed by atoms with Crippen LogP contribution in [0.15, 0.2) is 71.8 Å². The van der Waals surface area contributed by atoms with E-state index >= 15 is 0 Å². The molecule has 0 radical (unpaired) electrons. The lowest BCUT2D eigenvalue weighted by Crippen LogP contribution is -2.01. The molecule has 0 fully saturated rings. The average molecular weight is 395 g/mol. The minimum atomic E-state index is 0.377. The fourth-order valence-electron chi connectivity index (χ4n) is 2.57. The molecule has 5 heteroatoms. The van der Waals surface area contributed by atoms with E-state index in [0.717, 1.165) is 16.8 Å². The van der Waals surface area contributed by atoms with Crippen LogP contribution in [0.3, 0.4) is 0 Å². The summed E-state index contributed by atoms with van der Waals surface area (Å²) in [5, 5.41) is 4.98. The number of hydrogen-bond acceptors (Lipinski definition) is 4. The quantitative estimate of drug-likeness (QED) is 0.372. The van der Waals surface area contributed by atoms with Gasteiger partial charge in [-0.1, -0.05) is 47.5 Å². The van der Waals surface area contributed by atoms with Crippen molar-refractivity contribution < 1.29 is 9.47 Å². The maximum Gasteiger partial charge on any atom is 0.161 e. The number of nitrogens with one attached hydrogen (secondary N) is 1. The van der Waals surface area contributed by atoms with Crippen LogP contribution in [0.2, 0.25) is 5.02 Å². The molecule has 0 heterocycles. The molecule has 3 aromatic rings. The summed E-state index contributed by atoms with van der Waals surface area (Å²) in [5.41, 5.74) is 7.01. The summed E-state index contributed by atoms with van der Waals surface area (Å²) in [6, 6.07) is 21.4. The molecule has 0 amide bonds. The maximum atomic E-state index is 6.20. The highest BCUT2D eigenvalue weighted by atomic mass is 35.5. The summed E-state index contributed by atoms with van der Waals surface area (Å²) in [6.45, 7) is 4.92. The van der Waals surface area contributed by atoms with Gasteiger partial charge in [0.1, 0.15) is 6.61 Å². The first-order valence-electron chi connectivity index (χ1n) is 9.14. The second-order valence-corrected chi connectivity index (χ2v) is 6.66. The Labute approximate surface area is 170 Å². The Morgan fingerprint density at radius 1 is 0.964 bits per heavy atom. The Morgan fingerprint density at radius 2 is 1.75 bits per heavy atom. The average Bonchev–Trinajstić information content (AvgIpc) is 2.70. The molecule has 28 heavy (non-hydrogen) atoms. The van der Waals surface area contributed by atoms with Crippen LogP contribution in [-0.4, -0.2) is 12.8 Å². The molecule has 3 aromatic carbocycles. The number of aryl methyl sites for hydroxylation is 1. The van der Waals surface area contributed by atoms with Crippen molar-refractivity contribution in [3.05, 3.63) is 88.4 Å². The van der Waals surface area contributed by atoms with Gasteiger partial charge in [-0.3, -0.25) is 5.43 Å². The van der Waals surface area contributed by atoms with Gasteiger partial charge in [-0.2, -0.15) is 5.10 Å². The second kappa shape index (κ2) is 9.81. The first-order valence-corrected chi connectivity index (χ1v) is 9.52. The van der Waals surface area contributed by atoms with Gasteiger partial charge in [-0.15, -0.1) is 0 Å². The zero-order chi connectivity index (χ0) is 19.8. The third-order valence-electron chi connectivity index (χ3n) is 4.07. The van der Waals surface area contributed by atoms with E-state index in [2.05, 4.69) is 17.5 Å². The van der Waals surface area contributed by atoms with Crippen LogP contribution in [0.1, 0.15) is 23.6 Å². The molecule has 3 rings (SSSR count). The number of nitrogens with zero attached hydrogens (tertiary/aromatic N) is 1. The molecular formula is C23H23ClN2O2. The Bertz CT molecular complexity index is 940. The highest BCUT2D eigenvalue weighted by Gasteiger charge is 2.08. The van der Waals surface area contributed by atoms with E-state index in [0.29, 0.717) is 29.7 Å². The predicted octanol–water partition coefficient (Wildman–Crippen LogP) is 6.07. The van der Waals surface area contributed by atoms with Crippen LogP contribution in [0.5, 0.6) is 11.5 Å². The molecule has 0 atom stereocenters. The second-order valence-electron chi connectivity index (χ2n) is 6.26. The van der Waals surface area contributed by atoms with E-state index in [1.54, 1.807) is 6.21 Å². The molecule has 0 aliphatic rings. The topological polar surface area (TPSA) is 42.8 Å². The molecule has 0 aromatic heterocycles. The summed E-state index contributed by atoms with van der Waals surface area (Å²) in [4.78, 5) is 0. The number of ether oxygens (including phenoxy) is 2. The monoisotopic (exact) mass is 394 g/mol. The fraction of sp³-hybridized carbons (Fsp3) is 0.174. The van der Waals surface area contributed by atoms with Gasteiger partial charge in [-0.05, 0) is 55.8 Å². The van der Waals surface area contributed by atoms with Crippen molar-refractivity contribution >= 4 is 23.5 Å². The normalized spacial score (nSPS) is 10.8. The van der Waals surface area contributed by atoms with Crippen molar-refractivity contribution in [1.29, 1.82) is 0 Å². The Hall–Kier alpha value is -2.98. The van der Waals surface area contributed by atoms with E-state index in [4.69, 9.17) is 21.1 Å². The minimum Gasteiger partial charge on any atom is -0.490 e. The molecule has 144 valence electrons. The van der Waals surface area contributed by atoms with E-state index in [1.165, 1.54) is 5.56 Å². The summed E-state index contributed by atoms with van der Waals surface area (Å²) >= 11 is 6.20. The van der Waals surface area contributed by atoms with Crippen LogP contribution < -0.4 is 14.9 Å². The number of hydrazone groups is 1. The van der Waals surface area contributed by atoms with Gasteiger partial charge in [0.15, 0.2) is 11.5 Å². The van der Waals surface area contributed by atoms with Crippen molar-refractivity contribution in [2.75, 3.05) is 12.0 Å². The van der Waals surface area contributed by atoms with Gasteiger partial charge < -0.3 is 9.47 Å². The molecule has 0 spiro atoms. The minimum absolute atomic E-state index is 0.377. The molecule has 1 N–H and O–H groups in total. The zero-order valence-corrected chi connectivity index (χ0v) is 16.7. The van der Waals surface area contributed by atoms with Crippen LogP contribution in [0.25, 0.3) is 0 Å². The number of hydrogen-bond donors (Lipinski definition) is 1. The fourth-order valence-corrected chi connectivity index (χ4v) is 2.76. The molecule has 4 nitrogen and oxygen atoms in total. The van der Waals surface area contributed by atoms with E-state index < -0.39 is 0 Å². The predicted molar refractivity (Wildman–Crippen MR) is 116 cm³/mol. The lowest BCUT2D eigenvalue weighted by atomic mass is 10.2. The largest absolute Gasteiger partial charge is 0.490 e. The third-order valence-corrected chi connectivity index (χ3v) is 4.44. The first kappa shape index (κ1) is 19.8. The van der Waals surface area contributed by atoms with E-state index in [9.17, 15) is 0 Å². The van der Waals surface area contributed by atoms with Crippen LogP contribution >= 0.6 is 11.6 Å². The van der Waals surface area contributed by atoms with Gasteiger partial charge in [0.05, 0.1) is 18.5 Å². The smallest absolute Gasteiger partial charge is 0.161 e. The lowest BCUT2D eigenvalue weighted by Gasteiger charge is -2.13. The lowest BCUT2D eigenvalue weighted by molar-refractivity contribution is 0.269. The molecule has 0 aliphatic heterocycles. The van der Waals surface area contributed by atoms with E-state index in [1.807, 2.05) is 73.7 Å². The molecule has 0 aliphatic carbocycles. The number of halogens is 1. The summed E-state index contributed by atoms with van der Waals surface area (Å²) in [7, 11) is 0. The molecular weight excluding hydrogens is 372 g/mol. The van der Waals surface area contributed by atoms with Gasteiger partial charge in [0, 0.05) is 10.6 Å². The molecule has 0 saturated carbocycles. The molecule has 0 bridgehead atoms. The van der Waals surface area contributed by atoms with Crippen molar-refractivity contribution in [1.82, 2.24) is 0 Å². The Balaban J connectivity index is 1.68. The van der Waals surface area contributed by atoms with Crippen molar-refractivity contribution in [2.24, 2.45) is 5.10 Å². The van der Waals surface area contributed by atoms with Gasteiger partial charge in [0.25, 0.3) is 0 Å². The van der Waals surface area contributed by atoms with Crippen molar-refractivity contribution in [2.45, 2.75) is 20.5 Å². The number of rotatable bonds is 8. The van der Waals surface area contributed by atoms with E-state index in [-0.39, 0.29) is 0 Å². The highest BCUT2D eigenvalue weighted by molar-refractivity contribution is 6.31. The molecule has 0 saturated heterocycles. The van der Waals surface area contributed by atoms with Crippen LogP contribution in [-0.2, 0) is 6.61 Å². The third kappa shape index (κ3) is 5.51. The first-order chi connectivity index (χ1) is 13.7. The SMILES string of the molecule is CCOc1cc(/C=N/Nc2ccc(C)cc2)ccc1OCc1ccccc1Cl. The van der Waals surface area contributed by atoms with Gasteiger partial charge in [-0.25, -0.2) is 0 Å². The number of benzene rings is 3. The molecule has 0 unspecified atom stereocenters. The maximum absolute atomic E-state index is 6.20.